The normalized spacial score (nSPS) is 13.0. The summed E-state index contributed by atoms with van der Waals surface area (Å²) in [6.07, 6.45) is -1.95. The Bertz CT molecular complexity index is 654. The predicted octanol–water partition coefficient (Wildman–Crippen LogP) is 3.47. The van der Waals surface area contributed by atoms with E-state index in [0.29, 0.717) is 12.4 Å². The number of alkyl halides is 3. The summed E-state index contributed by atoms with van der Waals surface area (Å²) in [6, 6.07) is 9.61. The zero-order valence-electron chi connectivity index (χ0n) is 12.1. The summed E-state index contributed by atoms with van der Waals surface area (Å²) < 4.78 is 48.8. The maximum Gasteiger partial charge on any atom is 0.417 e. The van der Waals surface area contributed by atoms with Gasteiger partial charge in [-0.25, -0.2) is 4.98 Å². The Balaban J connectivity index is 2.08. The van der Waals surface area contributed by atoms with E-state index in [1.54, 1.807) is 30.3 Å². The number of aromatic nitrogens is 1. The fourth-order valence-corrected chi connectivity index (χ4v) is 2.44. The Kier molecular flexibility index (Phi) is 4.85. The minimum Gasteiger partial charge on any atom is -0.355 e. The Morgan fingerprint density at radius 1 is 1.14 bits per heavy atom. The molecule has 2 aromatic rings. The van der Waals surface area contributed by atoms with Gasteiger partial charge in [-0.15, -0.1) is 0 Å². The Morgan fingerprint density at radius 2 is 1.77 bits per heavy atom. The van der Waals surface area contributed by atoms with E-state index in [-0.39, 0.29) is 0 Å². The number of benzene rings is 1. The molecule has 0 aliphatic rings. The predicted molar refractivity (Wildman–Crippen MR) is 80.1 cm³/mol. The monoisotopic (exact) mass is 328 g/mol. The van der Waals surface area contributed by atoms with Crippen molar-refractivity contribution in [3.05, 3.63) is 53.7 Å². The SMILES string of the molecule is CN(Cc1ccc([S@@](C)=O)cc1)c1ccc(C(F)(F)F)cn1. The molecule has 0 saturated heterocycles. The maximum absolute atomic E-state index is 12.5. The number of halogens is 3. The van der Waals surface area contributed by atoms with Crippen molar-refractivity contribution in [3.63, 3.8) is 0 Å². The molecule has 1 aromatic heterocycles. The van der Waals surface area contributed by atoms with Crippen LogP contribution in [0.4, 0.5) is 19.0 Å². The van der Waals surface area contributed by atoms with Crippen LogP contribution in [0.3, 0.4) is 0 Å². The number of hydrogen-bond donors (Lipinski definition) is 0. The topological polar surface area (TPSA) is 33.2 Å². The third kappa shape index (κ3) is 4.07. The first-order chi connectivity index (χ1) is 10.3. The van der Waals surface area contributed by atoms with E-state index in [4.69, 9.17) is 0 Å². The molecule has 2 rings (SSSR count). The highest BCUT2D eigenvalue weighted by molar-refractivity contribution is 7.84. The van der Waals surface area contributed by atoms with Gasteiger partial charge in [0.1, 0.15) is 5.82 Å². The molecule has 1 atom stereocenters. The van der Waals surface area contributed by atoms with Gasteiger partial charge in [0.15, 0.2) is 0 Å². The van der Waals surface area contributed by atoms with Crippen LogP contribution in [-0.2, 0) is 23.5 Å². The third-order valence-electron chi connectivity index (χ3n) is 3.14. The Morgan fingerprint density at radius 3 is 2.23 bits per heavy atom. The molecule has 0 fully saturated rings. The molecule has 1 aromatic carbocycles. The van der Waals surface area contributed by atoms with Crippen LogP contribution in [0.25, 0.3) is 0 Å². The fourth-order valence-electron chi connectivity index (χ4n) is 1.92. The molecule has 1 heterocycles. The quantitative estimate of drug-likeness (QED) is 0.861. The Hall–Kier alpha value is -1.89. The summed E-state index contributed by atoms with van der Waals surface area (Å²) in [5, 5.41) is 0. The number of pyridine rings is 1. The summed E-state index contributed by atoms with van der Waals surface area (Å²) >= 11 is 0. The molecule has 3 nitrogen and oxygen atoms in total. The van der Waals surface area contributed by atoms with Crippen LogP contribution < -0.4 is 4.90 Å². The highest BCUT2D eigenvalue weighted by atomic mass is 32.2. The van der Waals surface area contributed by atoms with Crippen LogP contribution in [0.2, 0.25) is 0 Å². The van der Waals surface area contributed by atoms with E-state index in [1.165, 1.54) is 6.07 Å². The average Bonchev–Trinajstić information content (AvgIpc) is 2.47. The maximum atomic E-state index is 12.5. The zero-order chi connectivity index (χ0) is 16.3. The lowest BCUT2D eigenvalue weighted by Gasteiger charge is -2.19. The molecule has 0 amide bonds. The second-order valence-corrected chi connectivity index (χ2v) is 6.24. The van der Waals surface area contributed by atoms with Crippen LogP contribution in [0, 0.1) is 0 Å². The van der Waals surface area contributed by atoms with E-state index in [1.807, 2.05) is 12.1 Å². The van der Waals surface area contributed by atoms with Crippen molar-refractivity contribution in [1.29, 1.82) is 0 Å². The van der Waals surface area contributed by atoms with Gasteiger partial charge in [-0.3, -0.25) is 4.21 Å². The second kappa shape index (κ2) is 6.48. The largest absolute Gasteiger partial charge is 0.417 e. The third-order valence-corrected chi connectivity index (χ3v) is 4.08. The Labute approximate surface area is 129 Å². The first kappa shape index (κ1) is 16.5. The fraction of sp³-hybridized carbons (Fsp3) is 0.267. The van der Waals surface area contributed by atoms with Crippen LogP contribution in [0.5, 0.6) is 0 Å². The smallest absolute Gasteiger partial charge is 0.355 e. The summed E-state index contributed by atoms with van der Waals surface area (Å²) in [5.41, 5.74) is 0.192. The summed E-state index contributed by atoms with van der Waals surface area (Å²) in [7, 11) is 0.722. The molecule has 22 heavy (non-hydrogen) atoms. The van der Waals surface area contributed by atoms with Crippen molar-refractivity contribution >= 4 is 16.6 Å². The molecule has 0 radical (unpaired) electrons. The number of hydrogen-bond acceptors (Lipinski definition) is 3. The van der Waals surface area contributed by atoms with Gasteiger partial charge in [-0.1, -0.05) is 12.1 Å². The molecule has 0 N–H and O–H groups in total. The van der Waals surface area contributed by atoms with Crippen LogP contribution in [0.1, 0.15) is 11.1 Å². The van der Waals surface area contributed by atoms with E-state index in [0.717, 1.165) is 22.7 Å². The second-order valence-electron chi connectivity index (χ2n) is 4.86. The van der Waals surface area contributed by atoms with Crippen molar-refractivity contribution in [2.24, 2.45) is 0 Å². The average molecular weight is 328 g/mol. The summed E-state index contributed by atoms with van der Waals surface area (Å²) in [4.78, 5) is 6.33. The lowest BCUT2D eigenvalue weighted by Crippen LogP contribution is -2.18. The van der Waals surface area contributed by atoms with Gasteiger partial charge < -0.3 is 4.90 Å². The molecule has 0 unspecified atom stereocenters. The summed E-state index contributed by atoms with van der Waals surface area (Å²) in [5.74, 6) is 0.455. The molecule has 0 aliphatic carbocycles. The van der Waals surface area contributed by atoms with E-state index >= 15 is 0 Å². The molecule has 7 heteroatoms. The molecule has 0 aliphatic heterocycles. The molecular weight excluding hydrogens is 313 g/mol. The minimum absolute atomic E-state index is 0.455. The molecule has 0 saturated carbocycles. The van der Waals surface area contributed by atoms with Crippen molar-refractivity contribution in [1.82, 2.24) is 4.98 Å². The van der Waals surface area contributed by atoms with Gasteiger partial charge in [-0.2, -0.15) is 13.2 Å². The number of nitrogens with zero attached hydrogens (tertiary/aromatic N) is 2. The van der Waals surface area contributed by atoms with Gasteiger partial charge >= 0.3 is 6.18 Å². The first-order valence-corrected chi connectivity index (χ1v) is 8.00. The lowest BCUT2D eigenvalue weighted by atomic mass is 10.2. The van der Waals surface area contributed by atoms with Crippen molar-refractivity contribution in [2.45, 2.75) is 17.6 Å². The van der Waals surface area contributed by atoms with E-state index < -0.39 is 22.5 Å². The van der Waals surface area contributed by atoms with Crippen LogP contribution in [0.15, 0.2) is 47.5 Å². The van der Waals surface area contributed by atoms with E-state index in [9.17, 15) is 17.4 Å². The number of rotatable bonds is 4. The molecular formula is C15H15F3N2OS. The van der Waals surface area contributed by atoms with Gasteiger partial charge in [0, 0.05) is 41.7 Å². The van der Waals surface area contributed by atoms with Crippen LogP contribution in [-0.4, -0.2) is 22.5 Å². The van der Waals surface area contributed by atoms with Gasteiger partial charge in [0.2, 0.25) is 0 Å². The van der Waals surface area contributed by atoms with Gasteiger partial charge in [0.05, 0.1) is 5.56 Å². The van der Waals surface area contributed by atoms with Crippen LogP contribution >= 0.6 is 0 Å². The minimum atomic E-state index is -4.38. The first-order valence-electron chi connectivity index (χ1n) is 6.44. The van der Waals surface area contributed by atoms with Crippen molar-refractivity contribution in [2.75, 3.05) is 18.2 Å². The highest BCUT2D eigenvalue weighted by Gasteiger charge is 2.30. The summed E-state index contributed by atoms with van der Waals surface area (Å²) in [6.45, 7) is 0.495. The number of anilines is 1. The molecule has 0 bridgehead atoms. The van der Waals surface area contributed by atoms with Gasteiger partial charge in [0.25, 0.3) is 0 Å². The zero-order valence-corrected chi connectivity index (χ0v) is 12.9. The molecule has 118 valence electrons. The standard InChI is InChI=1S/C15H15F3N2OS/c1-20(10-11-3-6-13(7-4-11)22(2)21)14-8-5-12(9-19-14)15(16,17)18/h3-9H,10H2,1-2H3/t22-/m1/s1. The van der Waals surface area contributed by atoms with E-state index in [2.05, 4.69) is 4.98 Å². The lowest BCUT2D eigenvalue weighted by molar-refractivity contribution is -0.137. The van der Waals surface area contributed by atoms with Gasteiger partial charge in [-0.05, 0) is 29.8 Å². The van der Waals surface area contributed by atoms with Crippen molar-refractivity contribution < 1.29 is 17.4 Å². The highest BCUT2D eigenvalue weighted by Crippen LogP contribution is 2.29. The van der Waals surface area contributed by atoms with Crippen molar-refractivity contribution in [3.8, 4) is 0 Å². The molecule has 0 spiro atoms.